The van der Waals surface area contributed by atoms with E-state index in [0.29, 0.717) is 6.10 Å². The fourth-order valence-electron chi connectivity index (χ4n) is 4.18. The van der Waals surface area contributed by atoms with Gasteiger partial charge in [-0.2, -0.15) is 0 Å². The summed E-state index contributed by atoms with van der Waals surface area (Å²) in [5.41, 5.74) is 0. The van der Waals surface area contributed by atoms with Crippen molar-refractivity contribution in [2.45, 2.75) is 155 Å². The average molecular weight is 383 g/mol. The van der Waals surface area contributed by atoms with E-state index >= 15 is 0 Å². The van der Waals surface area contributed by atoms with E-state index in [9.17, 15) is 0 Å². The first-order valence-corrected chi connectivity index (χ1v) is 12.5. The molecule has 0 N–H and O–H groups in total. The van der Waals surface area contributed by atoms with Crippen molar-refractivity contribution in [1.82, 2.24) is 0 Å². The molecular weight excluding hydrogens is 332 g/mol. The molecule has 1 heterocycles. The van der Waals surface area contributed by atoms with E-state index in [1.54, 1.807) is 0 Å². The second-order valence-corrected chi connectivity index (χ2v) is 9.25. The van der Waals surface area contributed by atoms with Gasteiger partial charge in [-0.1, -0.05) is 122 Å². The van der Waals surface area contributed by atoms with Crippen LogP contribution in [0.5, 0.6) is 0 Å². The van der Waals surface area contributed by atoms with Crippen LogP contribution in [0.3, 0.4) is 0 Å². The van der Waals surface area contributed by atoms with Crippen LogP contribution in [0.4, 0.5) is 0 Å². The molecule has 2 heteroatoms. The molecule has 1 unspecified atom stereocenters. The second kappa shape index (κ2) is 16.8. The average Bonchev–Trinajstić information content (AvgIpc) is 2.99. The van der Waals surface area contributed by atoms with Gasteiger partial charge in [0.1, 0.15) is 0 Å². The molecule has 1 atom stereocenters. The summed E-state index contributed by atoms with van der Waals surface area (Å²) in [6.07, 6.45) is 27.3. The van der Waals surface area contributed by atoms with E-state index in [1.165, 1.54) is 122 Å². The van der Waals surface area contributed by atoms with Gasteiger partial charge in [0.25, 0.3) is 0 Å². The van der Waals surface area contributed by atoms with Gasteiger partial charge in [-0.3, -0.25) is 0 Å². The third-order valence-corrected chi connectivity index (χ3v) is 5.95. The third kappa shape index (κ3) is 15.5. The van der Waals surface area contributed by atoms with Crippen LogP contribution in [-0.4, -0.2) is 18.5 Å². The molecule has 1 saturated heterocycles. The summed E-state index contributed by atoms with van der Waals surface area (Å²) in [7, 11) is 0. The lowest BCUT2D eigenvalue weighted by molar-refractivity contribution is -0.139. The minimum atomic E-state index is -0.348. The van der Waals surface area contributed by atoms with Gasteiger partial charge < -0.3 is 9.47 Å². The molecular formula is C25H50O2. The monoisotopic (exact) mass is 382 g/mol. The molecule has 1 aliphatic rings. The Bertz CT molecular complexity index is 313. The first-order valence-electron chi connectivity index (χ1n) is 12.5. The lowest BCUT2D eigenvalue weighted by Crippen LogP contribution is -2.21. The third-order valence-electron chi connectivity index (χ3n) is 5.95. The van der Waals surface area contributed by atoms with Crippen LogP contribution in [0.15, 0.2) is 0 Å². The maximum atomic E-state index is 5.86. The molecule has 0 saturated carbocycles. The maximum Gasteiger partial charge on any atom is 0.163 e. The molecule has 0 amide bonds. The molecule has 0 aliphatic carbocycles. The highest BCUT2D eigenvalue weighted by Gasteiger charge is 2.31. The van der Waals surface area contributed by atoms with Gasteiger partial charge in [0.2, 0.25) is 0 Å². The van der Waals surface area contributed by atoms with Crippen LogP contribution in [0, 0.1) is 0 Å². The lowest BCUT2D eigenvalue weighted by Gasteiger charge is -2.16. The SMILES string of the molecule is CCCCCCCCCCCCCCCCCCCCC1COC(C)(C)O1. The summed E-state index contributed by atoms with van der Waals surface area (Å²) < 4.78 is 11.5. The topological polar surface area (TPSA) is 18.5 Å². The quantitative estimate of drug-likeness (QED) is 0.208. The van der Waals surface area contributed by atoms with Gasteiger partial charge in [-0.25, -0.2) is 0 Å². The molecule has 1 fully saturated rings. The van der Waals surface area contributed by atoms with Crippen LogP contribution < -0.4 is 0 Å². The van der Waals surface area contributed by atoms with E-state index in [4.69, 9.17) is 9.47 Å². The Labute approximate surface area is 171 Å². The van der Waals surface area contributed by atoms with Crippen molar-refractivity contribution in [3.63, 3.8) is 0 Å². The molecule has 0 spiro atoms. The van der Waals surface area contributed by atoms with Crippen molar-refractivity contribution < 1.29 is 9.47 Å². The van der Waals surface area contributed by atoms with Crippen molar-refractivity contribution in [3.05, 3.63) is 0 Å². The highest BCUT2D eigenvalue weighted by Crippen LogP contribution is 2.25. The van der Waals surface area contributed by atoms with Crippen LogP contribution in [-0.2, 0) is 9.47 Å². The molecule has 1 rings (SSSR count). The molecule has 0 bridgehead atoms. The summed E-state index contributed by atoms with van der Waals surface area (Å²) in [4.78, 5) is 0. The second-order valence-electron chi connectivity index (χ2n) is 9.25. The zero-order valence-corrected chi connectivity index (χ0v) is 19.0. The van der Waals surface area contributed by atoms with Crippen LogP contribution >= 0.6 is 0 Å². The van der Waals surface area contributed by atoms with E-state index in [1.807, 2.05) is 13.8 Å². The van der Waals surface area contributed by atoms with Crippen molar-refractivity contribution in [1.29, 1.82) is 0 Å². The van der Waals surface area contributed by atoms with E-state index in [-0.39, 0.29) is 5.79 Å². The maximum absolute atomic E-state index is 5.86. The zero-order valence-electron chi connectivity index (χ0n) is 19.0. The van der Waals surface area contributed by atoms with Crippen molar-refractivity contribution in [3.8, 4) is 0 Å². The van der Waals surface area contributed by atoms with Crippen LogP contribution in [0.1, 0.15) is 143 Å². The summed E-state index contributed by atoms with van der Waals surface area (Å²) in [6.45, 7) is 7.11. The lowest BCUT2D eigenvalue weighted by atomic mass is 10.0. The Morgan fingerprint density at radius 1 is 0.593 bits per heavy atom. The molecule has 0 radical (unpaired) electrons. The summed E-state index contributed by atoms with van der Waals surface area (Å²) in [5, 5.41) is 0. The number of hydrogen-bond acceptors (Lipinski definition) is 2. The largest absolute Gasteiger partial charge is 0.348 e. The van der Waals surface area contributed by atoms with Gasteiger partial charge in [0.05, 0.1) is 12.7 Å². The fraction of sp³-hybridized carbons (Fsp3) is 1.00. The summed E-state index contributed by atoms with van der Waals surface area (Å²) >= 11 is 0. The number of hydrogen-bond donors (Lipinski definition) is 0. The minimum Gasteiger partial charge on any atom is -0.348 e. The molecule has 162 valence electrons. The van der Waals surface area contributed by atoms with E-state index in [2.05, 4.69) is 6.92 Å². The molecule has 2 nitrogen and oxygen atoms in total. The Hall–Kier alpha value is -0.0800. The van der Waals surface area contributed by atoms with Gasteiger partial charge >= 0.3 is 0 Å². The number of ether oxygens (including phenoxy) is 2. The Morgan fingerprint density at radius 2 is 0.963 bits per heavy atom. The number of rotatable bonds is 19. The first kappa shape index (κ1) is 25.0. The smallest absolute Gasteiger partial charge is 0.163 e. The first-order chi connectivity index (χ1) is 13.1. The van der Waals surface area contributed by atoms with Gasteiger partial charge in [0.15, 0.2) is 5.79 Å². The zero-order chi connectivity index (χ0) is 19.6. The van der Waals surface area contributed by atoms with Gasteiger partial charge in [-0.15, -0.1) is 0 Å². The summed E-state index contributed by atoms with van der Waals surface area (Å²) in [5.74, 6) is -0.348. The normalized spacial score (nSPS) is 19.0. The Balaban J connectivity index is 1.68. The Morgan fingerprint density at radius 3 is 1.30 bits per heavy atom. The van der Waals surface area contributed by atoms with E-state index in [0.717, 1.165) is 6.61 Å². The number of unbranched alkanes of at least 4 members (excludes halogenated alkanes) is 17. The highest BCUT2D eigenvalue weighted by molar-refractivity contribution is 4.70. The van der Waals surface area contributed by atoms with Gasteiger partial charge in [0, 0.05) is 0 Å². The minimum absolute atomic E-state index is 0.334. The Kier molecular flexibility index (Phi) is 15.6. The highest BCUT2D eigenvalue weighted by atomic mass is 16.7. The summed E-state index contributed by atoms with van der Waals surface area (Å²) in [6, 6.07) is 0. The molecule has 0 aromatic rings. The predicted molar refractivity (Wildman–Crippen MR) is 118 cm³/mol. The molecule has 0 aromatic heterocycles. The fourth-order valence-corrected chi connectivity index (χ4v) is 4.18. The van der Waals surface area contributed by atoms with Crippen LogP contribution in [0.25, 0.3) is 0 Å². The molecule has 0 aromatic carbocycles. The van der Waals surface area contributed by atoms with Crippen molar-refractivity contribution in [2.75, 3.05) is 6.61 Å². The predicted octanol–water partition coefficient (Wildman–Crippen LogP) is 8.57. The van der Waals surface area contributed by atoms with Crippen molar-refractivity contribution >= 4 is 0 Å². The van der Waals surface area contributed by atoms with Gasteiger partial charge in [-0.05, 0) is 20.3 Å². The standard InChI is InChI=1S/C25H50O2/c1-4-5-6-7-8-9-10-11-12-13-14-15-16-17-18-19-20-21-22-24-23-26-25(2,3)27-24/h24H,4-23H2,1-3H3. The van der Waals surface area contributed by atoms with Crippen LogP contribution in [0.2, 0.25) is 0 Å². The van der Waals surface area contributed by atoms with E-state index < -0.39 is 0 Å². The van der Waals surface area contributed by atoms with Crippen molar-refractivity contribution in [2.24, 2.45) is 0 Å². The molecule has 27 heavy (non-hydrogen) atoms. The molecule has 1 aliphatic heterocycles.